The van der Waals surface area contributed by atoms with Crippen molar-refractivity contribution in [3.05, 3.63) is 36.0 Å². The lowest BCUT2D eigenvalue weighted by Gasteiger charge is -2.13. The third kappa shape index (κ3) is 3.65. The van der Waals surface area contributed by atoms with Crippen LogP contribution in [0.2, 0.25) is 0 Å². The van der Waals surface area contributed by atoms with Crippen LogP contribution in [0.3, 0.4) is 0 Å². The van der Waals surface area contributed by atoms with Crippen LogP contribution in [0.15, 0.2) is 30.5 Å². The summed E-state index contributed by atoms with van der Waals surface area (Å²) in [6.45, 7) is 0.527. The van der Waals surface area contributed by atoms with Gasteiger partial charge in [0.05, 0.1) is 17.1 Å². The highest BCUT2D eigenvalue weighted by Gasteiger charge is 2.38. The Labute approximate surface area is 152 Å². The predicted octanol–water partition coefficient (Wildman–Crippen LogP) is 3.03. The second kappa shape index (κ2) is 6.08. The molecule has 0 radical (unpaired) electrons. The molecule has 0 atom stereocenters. The zero-order valence-corrected chi connectivity index (χ0v) is 14.5. The maximum absolute atomic E-state index is 13.0. The molecule has 4 N–H and O–H groups in total. The molecule has 0 spiro atoms. The van der Waals surface area contributed by atoms with E-state index in [1.807, 2.05) is 0 Å². The highest BCUT2D eigenvalue weighted by molar-refractivity contribution is 5.89. The third-order valence-electron chi connectivity index (χ3n) is 4.54. The number of hydrogen-bond donors (Lipinski definition) is 3. The molecule has 10 heteroatoms. The molecular formula is C17H18F3N7. The number of alkyl halides is 3. The molecule has 0 saturated heterocycles. The van der Waals surface area contributed by atoms with E-state index < -0.39 is 11.7 Å². The summed E-state index contributed by atoms with van der Waals surface area (Å²) < 4.78 is 40.4. The quantitative estimate of drug-likeness (QED) is 0.633. The first kappa shape index (κ1) is 17.5. The van der Waals surface area contributed by atoms with E-state index in [0.29, 0.717) is 29.3 Å². The summed E-state index contributed by atoms with van der Waals surface area (Å²) in [6, 6.07) is 4.95. The van der Waals surface area contributed by atoms with Crippen molar-refractivity contribution in [2.75, 3.05) is 17.2 Å². The van der Waals surface area contributed by atoms with Crippen LogP contribution < -0.4 is 16.4 Å². The molecule has 1 fully saturated rings. The van der Waals surface area contributed by atoms with Crippen LogP contribution in [0.25, 0.3) is 11.0 Å². The molecule has 1 aliphatic rings. The van der Waals surface area contributed by atoms with Gasteiger partial charge in [0.15, 0.2) is 5.65 Å². The Morgan fingerprint density at radius 3 is 2.74 bits per heavy atom. The molecule has 142 valence electrons. The Morgan fingerprint density at radius 1 is 1.26 bits per heavy atom. The number of nitrogens with two attached hydrogens (primary N) is 1. The molecule has 27 heavy (non-hydrogen) atoms. The number of fused-ring (bicyclic) bond motifs is 1. The maximum atomic E-state index is 13.0. The molecular weight excluding hydrogens is 359 g/mol. The van der Waals surface area contributed by atoms with Crippen molar-refractivity contribution in [1.29, 1.82) is 0 Å². The van der Waals surface area contributed by atoms with Crippen molar-refractivity contribution in [1.82, 2.24) is 19.7 Å². The van der Waals surface area contributed by atoms with Crippen LogP contribution in [0.1, 0.15) is 18.4 Å². The lowest BCUT2D eigenvalue weighted by Crippen LogP contribution is -2.31. The Hall–Kier alpha value is -2.88. The second-order valence-electron chi connectivity index (χ2n) is 6.82. The van der Waals surface area contributed by atoms with Crippen LogP contribution in [0.4, 0.5) is 30.6 Å². The van der Waals surface area contributed by atoms with Crippen molar-refractivity contribution in [3.8, 4) is 0 Å². The van der Waals surface area contributed by atoms with Crippen molar-refractivity contribution < 1.29 is 13.2 Å². The third-order valence-corrected chi connectivity index (χ3v) is 4.54. The first-order chi connectivity index (χ1) is 12.7. The van der Waals surface area contributed by atoms with Crippen LogP contribution in [-0.2, 0) is 13.2 Å². The van der Waals surface area contributed by atoms with Crippen molar-refractivity contribution in [3.63, 3.8) is 0 Å². The van der Waals surface area contributed by atoms with Crippen molar-refractivity contribution in [2.45, 2.75) is 24.6 Å². The summed E-state index contributed by atoms with van der Waals surface area (Å²) in [5.41, 5.74) is 5.94. The zero-order chi connectivity index (χ0) is 19.2. The molecule has 1 aromatic carbocycles. The molecule has 2 aromatic heterocycles. The number of aromatic nitrogens is 4. The number of hydrogen-bond acceptors (Lipinski definition) is 6. The SMILES string of the molecule is Cn1ncc2c(Nc3cccc(C(F)(F)F)c3)nc(NCC3(N)CC3)nc21. The lowest BCUT2D eigenvalue weighted by atomic mass is 10.2. The van der Waals surface area contributed by atoms with E-state index in [0.717, 1.165) is 25.0 Å². The van der Waals surface area contributed by atoms with Gasteiger partial charge in [-0.3, -0.25) is 4.68 Å². The highest BCUT2D eigenvalue weighted by Crippen LogP contribution is 2.33. The maximum Gasteiger partial charge on any atom is 0.416 e. The second-order valence-corrected chi connectivity index (χ2v) is 6.82. The number of nitrogens with one attached hydrogen (secondary N) is 2. The minimum atomic E-state index is -4.42. The molecule has 0 unspecified atom stereocenters. The average molecular weight is 377 g/mol. The van der Waals surface area contributed by atoms with Crippen LogP contribution in [0.5, 0.6) is 0 Å². The van der Waals surface area contributed by atoms with Crippen molar-refractivity contribution >= 4 is 28.5 Å². The Kier molecular flexibility index (Phi) is 3.95. The van der Waals surface area contributed by atoms with Crippen LogP contribution in [0, 0.1) is 0 Å². The normalized spacial score (nSPS) is 15.7. The number of nitrogens with zero attached hydrogens (tertiary/aromatic N) is 4. The van der Waals surface area contributed by atoms with Gasteiger partial charge in [0, 0.05) is 24.8 Å². The van der Waals surface area contributed by atoms with Gasteiger partial charge in [0.2, 0.25) is 5.95 Å². The average Bonchev–Trinajstić information content (AvgIpc) is 3.24. The molecule has 4 rings (SSSR count). The number of benzene rings is 1. The van der Waals surface area contributed by atoms with E-state index in [2.05, 4.69) is 25.7 Å². The van der Waals surface area contributed by atoms with Gasteiger partial charge >= 0.3 is 6.18 Å². The molecule has 0 bridgehead atoms. The van der Waals surface area contributed by atoms with Gasteiger partial charge < -0.3 is 16.4 Å². The molecule has 0 aliphatic heterocycles. The molecule has 1 saturated carbocycles. The van der Waals surface area contributed by atoms with E-state index >= 15 is 0 Å². The smallest absolute Gasteiger partial charge is 0.352 e. The summed E-state index contributed by atoms with van der Waals surface area (Å²) in [5.74, 6) is 0.717. The Morgan fingerprint density at radius 2 is 2.04 bits per heavy atom. The van der Waals surface area contributed by atoms with Gasteiger partial charge in [-0.2, -0.15) is 28.2 Å². The van der Waals surface area contributed by atoms with Gasteiger partial charge in [-0.25, -0.2) is 0 Å². The first-order valence-electron chi connectivity index (χ1n) is 8.40. The molecule has 2 heterocycles. The Balaban J connectivity index is 1.67. The summed E-state index contributed by atoms with van der Waals surface area (Å²) in [4.78, 5) is 8.84. The lowest BCUT2D eigenvalue weighted by molar-refractivity contribution is -0.137. The Bertz CT molecular complexity index is 992. The monoisotopic (exact) mass is 377 g/mol. The van der Waals surface area contributed by atoms with Gasteiger partial charge in [-0.05, 0) is 31.0 Å². The largest absolute Gasteiger partial charge is 0.416 e. The minimum absolute atomic E-state index is 0.237. The van der Waals surface area contributed by atoms with Gasteiger partial charge in [-0.15, -0.1) is 0 Å². The molecule has 3 aromatic rings. The standard InChI is InChI=1S/C17H18F3N7/c1-27-14-12(8-23-27)13(25-15(26-14)22-9-16(21)5-6-16)24-11-4-2-3-10(7-11)17(18,19)20/h2-4,7-8H,5-6,9,21H2,1H3,(H2,22,24,25,26). The molecule has 0 amide bonds. The highest BCUT2D eigenvalue weighted by atomic mass is 19.4. The van der Waals surface area contributed by atoms with E-state index in [1.54, 1.807) is 24.0 Å². The van der Waals surface area contributed by atoms with E-state index in [4.69, 9.17) is 5.73 Å². The number of anilines is 3. The number of halogens is 3. The minimum Gasteiger partial charge on any atom is -0.352 e. The van der Waals surface area contributed by atoms with Gasteiger partial charge in [0.1, 0.15) is 5.82 Å². The fourth-order valence-electron chi connectivity index (χ4n) is 2.70. The van der Waals surface area contributed by atoms with Gasteiger partial charge in [-0.1, -0.05) is 6.07 Å². The number of aryl methyl sites for hydroxylation is 1. The van der Waals surface area contributed by atoms with Crippen molar-refractivity contribution in [2.24, 2.45) is 12.8 Å². The molecule has 7 nitrogen and oxygen atoms in total. The fourth-order valence-corrected chi connectivity index (χ4v) is 2.70. The zero-order valence-electron chi connectivity index (χ0n) is 14.5. The number of rotatable bonds is 5. The summed E-state index contributed by atoms with van der Waals surface area (Å²) >= 11 is 0. The topological polar surface area (TPSA) is 93.7 Å². The summed E-state index contributed by atoms with van der Waals surface area (Å²) in [6.07, 6.45) is -0.980. The van der Waals surface area contributed by atoms with E-state index in [-0.39, 0.29) is 11.2 Å². The van der Waals surface area contributed by atoms with E-state index in [1.165, 1.54) is 6.07 Å². The predicted molar refractivity (Wildman–Crippen MR) is 95.7 cm³/mol. The fraction of sp³-hybridized carbons (Fsp3) is 0.353. The first-order valence-corrected chi connectivity index (χ1v) is 8.40. The van der Waals surface area contributed by atoms with Gasteiger partial charge in [0.25, 0.3) is 0 Å². The summed E-state index contributed by atoms with van der Waals surface area (Å²) in [5, 5.41) is 10.8. The van der Waals surface area contributed by atoms with E-state index in [9.17, 15) is 13.2 Å². The molecule has 1 aliphatic carbocycles. The van der Waals surface area contributed by atoms with Crippen LogP contribution in [-0.4, -0.2) is 31.8 Å². The van der Waals surface area contributed by atoms with Crippen LogP contribution >= 0.6 is 0 Å². The summed E-state index contributed by atoms with van der Waals surface area (Å²) in [7, 11) is 1.73.